The zero-order valence-electron chi connectivity index (χ0n) is 16.0. The van der Waals surface area contributed by atoms with E-state index in [0.717, 1.165) is 46.3 Å². The van der Waals surface area contributed by atoms with Gasteiger partial charge in [0.15, 0.2) is 0 Å². The highest BCUT2D eigenvalue weighted by molar-refractivity contribution is 5.86. The fraction of sp³-hybridized carbons (Fsp3) is 0.273. The summed E-state index contributed by atoms with van der Waals surface area (Å²) >= 11 is 0. The molecule has 0 saturated carbocycles. The number of H-pyrrole nitrogens is 1. The number of benzene rings is 2. The number of hydrogen-bond acceptors (Lipinski definition) is 5. The maximum Gasteiger partial charge on any atom is 0.230 e. The second-order valence-corrected chi connectivity index (χ2v) is 7.26. The highest BCUT2D eigenvalue weighted by Crippen LogP contribution is 2.40. The summed E-state index contributed by atoms with van der Waals surface area (Å²) in [5.41, 5.74) is 3.11. The highest BCUT2D eigenvalue weighted by atomic mass is 16.5. The fourth-order valence-corrected chi connectivity index (χ4v) is 4.10. The predicted molar refractivity (Wildman–Crippen MR) is 109 cm³/mol. The van der Waals surface area contributed by atoms with Gasteiger partial charge in [0.2, 0.25) is 5.88 Å². The third-order valence-electron chi connectivity index (χ3n) is 5.57. The molecule has 28 heavy (non-hydrogen) atoms. The monoisotopic (exact) mass is 374 g/mol. The molecule has 1 unspecified atom stereocenters. The third-order valence-corrected chi connectivity index (χ3v) is 5.57. The number of likely N-dealkylation sites (tertiary alicyclic amines) is 1. The first-order valence-corrected chi connectivity index (χ1v) is 9.51. The molecule has 0 radical (unpaired) electrons. The molecule has 142 valence electrons. The van der Waals surface area contributed by atoms with Crippen LogP contribution in [0.3, 0.4) is 0 Å². The lowest BCUT2D eigenvalue weighted by Crippen LogP contribution is -2.18. The number of aromatic amines is 1. The van der Waals surface area contributed by atoms with E-state index >= 15 is 0 Å². The first kappa shape index (κ1) is 17.0. The van der Waals surface area contributed by atoms with Gasteiger partial charge in [-0.2, -0.15) is 0 Å². The van der Waals surface area contributed by atoms with E-state index in [0.29, 0.717) is 11.9 Å². The van der Waals surface area contributed by atoms with Gasteiger partial charge < -0.3 is 14.5 Å². The second kappa shape index (κ2) is 6.80. The van der Waals surface area contributed by atoms with Crippen LogP contribution in [0.5, 0.6) is 17.4 Å². The van der Waals surface area contributed by atoms with Gasteiger partial charge in [-0.25, -0.2) is 9.97 Å². The van der Waals surface area contributed by atoms with Crippen LogP contribution in [0.1, 0.15) is 24.4 Å². The van der Waals surface area contributed by atoms with Crippen LogP contribution < -0.4 is 9.47 Å². The molecule has 0 aliphatic carbocycles. The third kappa shape index (κ3) is 2.86. The Labute approximate surface area is 163 Å². The molecule has 1 atom stereocenters. The Kier molecular flexibility index (Phi) is 4.13. The van der Waals surface area contributed by atoms with Crippen LogP contribution in [0.2, 0.25) is 0 Å². The largest absolute Gasteiger partial charge is 0.496 e. The molecule has 3 heterocycles. The molecule has 1 aliphatic heterocycles. The number of hydrogen-bond donors (Lipinski definition) is 1. The molecule has 1 fully saturated rings. The van der Waals surface area contributed by atoms with E-state index in [2.05, 4.69) is 33.0 Å². The van der Waals surface area contributed by atoms with E-state index in [4.69, 9.17) is 9.47 Å². The summed E-state index contributed by atoms with van der Waals surface area (Å²) in [6, 6.07) is 12.4. The van der Waals surface area contributed by atoms with Crippen LogP contribution >= 0.6 is 0 Å². The van der Waals surface area contributed by atoms with Gasteiger partial charge in [-0.3, -0.25) is 4.90 Å². The average Bonchev–Trinajstić information content (AvgIpc) is 3.35. The van der Waals surface area contributed by atoms with Gasteiger partial charge >= 0.3 is 0 Å². The molecule has 2 aromatic heterocycles. The molecule has 1 saturated heterocycles. The first-order valence-electron chi connectivity index (χ1n) is 9.51. The van der Waals surface area contributed by atoms with Crippen molar-refractivity contribution >= 4 is 21.8 Å². The Morgan fingerprint density at radius 3 is 2.89 bits per heavy atom. The summed E-state index contributed by atoms with van der Waals surface area (Å²) < 4.78 is 11.8. The van der Waals surface area contributed by atoms with Gasteiger partial charge in [0.25, 0.3) is 0 Å². The molecule has 0 spiro atoms. The molecule has 0 amide bonds. The number of nitrogens with one attached hydrogen (secondary N) is 1. The van der Waals surface area contributed by atoms with Crippen molar-refractivity contribution in [3.05, 3.63) is 54.5 Å². The molecule has 1 N–H and O–H groups in total. The molecule has 6 nitrogen and oxygen atoms in total. The van der Waals surface area contributed by atoms with Crippen molar-refractivity contribution in [1.82, 2.24) is 19.9 Å². The van der Waals surface area contributed by atoms with Crippen molar-refractivity contribution in [2.45, 2.75) is 18.9 Å². The van der Waals surface area contributed by atoms with Crippen LogP contribution in [0.25, 0.3) is 21.8 Å². The topological polar surface area (TPSA) is 63.3 Å². The van der Waals surface area contributed by atoms with Crippen molar-refractivity contribution in [2.75, 3.05) is 20.7 Å². The minimum atomic E-state index is 0.356. The predicted octanol–water partition coefficient (Wildman–Crippen LogP) is 4.68. The van der Waals surface area contributed by atoms with Crippen molar-refractivity contribution in [3.63, 3.8) is 0 Å². The summed E-state index contributed by atoms with van der Waals surface area (Å²) in [6.45, 7) is 1.10. The summed E-state index contributed by atoms with van der Waals surface area (Å²) in [5.74, 6) is 2.13. The molecule has 4 aromatic rings. The molecule has 5 rings (SSSR count). The van der Waals surface area contributed by atoms with Crippen molar-refractivity contribution in [2.24, 2.45) is 0 Å². The number of nitrogens with zero attached hydrogens (tertiary/aromatic N) is 3. The van der Waals surface area contributed by atoms with Crippen molar-refractivity contribution in [3.8, 4) is 17.4 Å². The van der Waals surface area contributed by atoms with Crippen molar-refractivity contribution < 1.29 is 9.47 Å². The minimum Gasteiger partial charge on any atom is -0.496 e. The Balaban J connectivity index is 1.57. The normalized spacial score (nSPS) is 17.4. The summed E-state index contributed by atoms with van der Waals surface area (Å²) in [4.78, 5) is 14.4. The van der Waals surface area contributed by atoms with Crippen LogP contribution in [-0.2, 0) is 0 Å². The highest BCUT2D eigenvalue weighted by Gasteiger charge is 2.26. The van der Waals surface area contributed by atoms with E-state index in [1.54, 1.807) is 13.4 Å². The van der Waals surface area contributed by atoms with Crippen molar-refractivity contribution in [1.29, 1.82) is 0 Å². The van der Waals surface area contributed by atoms with Gasteiger partial charge in [0, 0.05) is 28.7 Å². The molecule has 1 aliphatic rings. The summed E-state index contributed by atoms with van der Waals surface area (Å²) in [7, 11) is 3.87. The fourth-order valence-electron chi connectivity index (χ4n) is 4.10. The smallest absolute Gasteiger partial charge is 0.230 e. The Morgan fingerprint density at radius 1 is 1.14 bits per heavy atom. The summed E-state index contributed by atoms with van der Waals surface area (Å²) in [6.07, 6.45) is 5.80. The Bertz CT molecular complexity index is 1150. The molecule has 0 bridgehead atoms. The minimum absolute atomic E-state index is 0.356. The lowest BCUT2D eigenvalue weighted by Gasteiger charge is -2.22. The number of ether oxygens (including phenoxy) is 2. The zero-order valence-corrected chi connectivity index (χ0v) is 16.0. The SMILES string of the molecule is COc1cc2c(Oc3ccc4[nH]ccc4c3)ncnc2cc1C1CCCN1C. The molecular formula is C22H22N4O2. The quantitative estimate of drug-likeness (QED) is 0.562. The first-order chi connectivity index (χ1) is 13.7. The molecule has 6 heteroatoms. The van der Waals surface area contributed by atoms with E-state index < -0.39 is 0 Å². The Hall–Kier alpha value is -3.12. The maximum atomic E-state index is 6.12. The second-order valence-electron chi connectivity index (χ2n) is 7.26. The zero-order chi connectivity index (χ0) is 19.1. The van der Waals surface area contributed by atoms with Gasteiger partial charge in [-0.05, 0) is 62.8 Å². The maximum absolute atomic E-state index is 6.12. The lowest BCUT2D eigenvalue weighted by molar-refractivity contribution is 0.306. The number of aromatic nitrogens is 3. The van der Waals surface area contributed by atoms with Crippen LogP contribution in [0.15, 0.2) is 48.9 Å². The van der Waals surface area contributed by atoms with E-state index in [1.165, 1.54) is 12.0 Å². The van der Waals surface area contributed by atoms with Gasteiger partial charge in [0.1, 0.15) is 17.8 Å². The number of rotatable bonds is 4. The van der Waals surface area contributed by atoms with Gasteiger partial charge in [-0.15, -0.1) is 0 Å². The molecule has 2 aromatic carbocycles. The van der Waals surface area contributed by atoms with Gasteiger partial charge in [0.05, 0.1) is 18.0 Å². The van der Waals surface area contributed by atoms with Crippen LogP contribution in [-0.4, -0.2) is 40.6 Å². The number of fused-ring (bicyclic) bond motifs is 2. The van der Waals surface area contributed by atoms with E-state index in [1.807, 2.05) is 36.5 Å². The standard InChI is InChI=1S/C22H22N4O2/c1-26-9-3-4-20(26)17-11-19-16(12-21(17)27-2)22(25-13-24-19)28-15-5-6-18-14(10-15)7-8-23-18/h5-8,10-13,20,23H,3-4,9H2,1-2H3. The average molecular weight is 374 g/mol. The van der Waals surface area contributed by atoms with Gasteiger partial charge in [-0.1, -0.05) is 0 Å². The van der Waals surface area contributed by atoms with Crippen LogP contribution in [0.4, 0.5) is 0 Å². The Morgan fingerprint density at radius 2 is 2.07 bits per heavy atom. The number of methoxy groups -OCH3 is 1. The summed E-state index contributed by atoms with van der Waals surface area (Å²) in [5, 5.41) is 1.94. The van der Waals surface area contributed by atoms with E-state index in [9.17, 15) is 0 Å². The molecular weight excluding hydrogens is 352 g/mol. The lowest BCUT2D eigenvalue weighted by atomic mass is 10.0. The van der Waals surface area contributed by atoms with Crippen LogP contribution in [0, 0.1) is 0 Å². The van der Waals surface area contributed by atoms with E-state index in [-0.39, 0.29) is 0 Å².